The molecule has 1 unspecified atom stereocenters. The van der Waals surface area contributed by atoms with Crippen molar-refractivity contribution < 1.29 is 24.1 Å². The number of aryl methyl sites for hydroxylation is 1. The number of imidazole rings is 1. The number of nitrogen functional groups attached to an aromatic ring is 2. The predicted octanol–water partition coefficient (Wildman–Crippen LogP) is 5.58. The van der Waals surface area contributed by atoms with Gasteiger partial charge in [-0.25, -0.2) is 13.8 Å². The largest absolute Gasteiger partial charge is 0.397 e. The molecule has 4 rings (SSSR count). The van der Waals surface area contributed by atoms with Crippen LogP contribution in [0.15, 0.2) is 42.5 Å². The highest BCUT2D eigenvalue weighted by Gasteiger charge is 2.25. The molecular formula is C30H38Cl2F2N6O3. The maximum atomic E-state index is 14.3. The second-order valence-corrected chi connectivity index (χ2v) is 10.5. The smallest absolute Gasteiger partial charge is 0.143 e. The number of nitrogens with two attached hydrogens (primary N) is 2. The first kappa shape index (κ1) is 34.1. The molecule has 234 valence electrons. The molecule has 4 aromatic rings. The lowest BCUT2D eigenvalue weighted by molar-refractivity contribution is 0.203. The van der Waals surface area contributed by atoms with E-state index in [9.17, 15) is 19.0 Å². The van der Waals surface area contributed by atoms with Crippen molar-refractivity contribution >= 4 is 57.0 Å². The summed E-state index contributed by atoms with van der Waals surface area (Å²) in [5, 5.41) is 32.7. The van der Waals surface area contributed by atoms with Crippen molar-refractivity contribution in [2.75, 3.05) is 54.5 Å². The SMILES string of the molecule is CCN(CC)c1cc(F)cc2nc(C(O)c3ccc(Cl)cc3Cl)n(CCCO)c12.Nc1cc(F)cc(N)c1NCCCO. The van der Waals surface area contributed by atoms with Crippen LogP contribution in [0.3, 0.4) is 0 Å². The van der Waals surface area contributed by atoms with E-state index in [0.717, 1.165) is 5.52 Å². The third-order valence-electron chi connectivity index (χ3n) is 6.76. The number of fused-ring (bicyclic) bond motifs is 1. The van der Waals surface area contributed by atoms with Crippen LogP contribution in [0.2, 0.25) is 10.0 Å². The molecule has 1 heterocycles. The minimum absolute atomic E-state index is 0.0152. The molecular weight excluding hydrogens is 601 g/mol. The van der Waals surface area contributed by atoms with Gasteiger partial charge in [0.2, 0.25) is 0 Å². The first-order valence-electron chi connectivity index (χ1n) is 13.9. The number of aromatic nitrogens is 2. The van der Waals surface area contributed by atoms with Gasteiger partial charge in [0.25, 0.3) is 0 Å². The number of benzene rings is 3. The van der Waals surface area contributed by atoms with Gasteiger partial charge in [-0.1, -0.05) is 29.3 Å². The molecule has 1 aromatic heterocycles. The molecule has 13 heteroatoms. The average Bonchev–Trinajstić information content (AvgIpc) is 3.32. The van der Waals surface area contributed by atoms with Crippen LogP contribution in [0.25, 0.3) is 11.0 Å². The molecule has 9 nitrogen and oxygen atoms in total. The highest BCUT2D eigenvalue weighted by molar-refractivity contribution is 6.35. The Bertz CT molecular complexity index is 1490. The maximum absolute atomic E-state index is 14.3. The van der Waals surface area contributed by atoms with Crippen molar-refractivity contribution in [3.63, 3.8) is 0 Å². The van der Waals surface area contributed by atoms with Gasteiger partial charge in [-0.05, 0) is 57.0 Å². The third-order valence-corrected chi connectivity index (χ3v) is 7.32. The summed E-state index contributed by atoms with van der Waals surface area (Å²) < 4.78 is 29.0. The van der Waals surface area contributed by atoms with E-state index in [1.54, 1.807) is 18.2 Å². The Morgan fingerprint density at radius 1 is 0.953 bits per heavy atom. The highest BCUT2D eigenvalue weighted by atomic mass is 35.5. The molecule has 8 N–H and O–H groups in total. The van der Waals surface area contributed by atoms with Gasteiger partial charge in [0.15, 0.2) is 0 Å². The van der Waals surface area contributed by atoms with Gasteiger partial charge in [0.1, 0.15) is 23.6 Å². The van der Waals surface area contributed by atoms with E-state index in [-0.39, 0.29) is 24.6 Å². The van der Waals surface area contributed by atoms with Crippen LogP contribution in [-0.2, 0) is 6.54 Å². The number of hydrogen-bond acceptors (Lipinski definition) is 8. The van der Waals surface area contributed by atoms with Gasteiger partial charge in [-0.3, -0.25) is 0 Å². The molecule has 0 fully saturated rings. The van der Waals surface area contributed by atoms with Gasteiger partial charge in [-0.2, -0.15) is 0 Å². The number of hydrogen-bond donors (Lipinski definition) is 6. The van der Waals surface area contributed by atoms with Crippen LogP contribution in [0, 0.1) is 11.6 Å². The normalized spacial score (nSPS) is 11.7. The minimum Gasteiger partial charge on any atom is -0.397 e. The summed E-state index contributed by atoms with van der Waals surface area (Å²) in [5.74, 6) is -0.499. The van der Waals surface area contributed by atoms with E-state index in [4.69, 9.17) is 39.8 Å². The molecule has 0 spiro atoms. The fraction of sp³-hybridized carbons (Fsp3) is 0.367. The van der Waals surface area contributed by atoms with E-state index < -0.39 is 17.7 Å². The predicted molar refractivity (Wildman–Crippen MR) is 171 cm³/mol. The van der Waals surface area contributed by atoms with Crippen molar-refractivity contribution in [2.24, 2.45) is 0 Å². The number of anilines is 4. The van der Waals surface area contributed by atoms with Gasteiger partial charge >= 0.3 is 0 Å². The fourth-order valence-electron chi connectivity index (χ4n) is 4.71. The van der Waals surface area contributed by atoms with Crippen molar-refractivity contribution in [1.82, 2.24) is 9.55 Å². The molecule has 3 aromatic carbocycles. The zero-order valence-electron chi connectivity index (χ0n) is 24.1. The first-order valence-corrected chi connectivity index (χ1v) is 14.7. The van der Waals surface area contributed by atoms with Crippen molar-refractivity contribution in [3.05, 3.63) is 75.5 Å². The zero-order chi connectivity index (χ0) is 31.7. The Balaban J connectivity index is 0.000000303. The molecule has 0 saturated heterocycles. The Kier molecular flexibility index (Phi) is 12.6. The molecule has 0 saturated carbocycles. The summed E-state index contributed by atoms with van der Waals surface area (Å²) in [4.78, 5) is 6.59. The summed E-state index contributed by atoms with van der Waals surface area (Å²) in [7, 11) is 0. The number of rotatable bonds is 12. The van der Waals surface area contributed by atoms with E-state index >= 15 is 0 Å². The monoisotopic (exact) mass is 638 g/mol. The van der Waals surface area contributed by atoms with Gasteiger partial charge < -0.3 is 41.6 Å². The highest BCUT2D eigenvalue weighted by Crippen LogP contribution is 2.35. The van der Waals surface area contributed by atoms with Gasteiger partial charge in [0, 0.05) is 61.1 Å². The number of aliphatic hydroxyl groups excluding tert-OH is 3. The van der Waals surface area contributed by atoms with Crippen LogP contribution in [0.4, 0.5) is 31.5 Å². The lowest BCUT2D eigenvalue weighted by Gasteiger charge is -2.23. The number of halogens is 4. The average molecular weight is 640 g/mol. The lowest BCUT2D eigenvalue weighted by Crippen LogP contribution is -2.23. The van der Waals surface area contributed by atoms with E-state index in [1.165, 1.54) is 24.3 Å². The van der Waals surface area contributed by atoms with E-state index in [1.807, 2.05) is 23.3 Å². The molecule has 0 radical (unpaired) electrons. The fourth-order valence-corrected chi connectivity index (χ4v) is 5.22. The van der Waals surface area contributed by atoms with Crippen LogP contribution in [0.1, 0.15) is 44.2 Å². The lowest BCUT2D eigenvalue weighted by atomic mass is 10.1. The summed E-state index contributed by atoms with van der Waals surface area (Å²) in [6.45, 7) is 6.44. The van der Waals surface area contributed by atoms with Crippen molar-refractivity contribution in [2.45, 2.75) is 39.3 Å². The maximum Gasteiger partial charge on any atom is 0.143 e. The molecule has 43 heavy (non-hydrogen) atoms. The Morgan fingerprint density at radius 2 is 1.58 bits per heavy atom. The molecule has 0 aliphatic carbocycles. The van der Waals surface area contributed by atoms with Crippen molar-refractivity contribution in [1.29, 1.82) is 0 Å². The van der Waals surface area contributed by atoms with Crippen molar-refractivity contribution in [3.8, 4) is 0 Å². The molecule has 0 bridgehead atoms. The van der Waals surface area contributed by atoms with E-state index in [0.29, 0.717) is 77.3 Å². The standard InChI is InChI=1S/C21H24Cl2FN3O2.C9H14FN3O/c1-3-26(4-2)18-12-14(24)11-17-19(18)27(8-5-9-28)21(25-17)20(29)15-7-6-13(22)10-16(15)23;10-6-4-7(11)9(8(12)5-6)13-2-1-3-14/h6-7,10-12,20,28-29H,3-5,8-9H2,1-2H3;4-5,13-14H,1-3,11-12H2. The second kappa shape index (κ2) is 15.9. The van der Waals surface area contributed by atoms with Crippen LogP contribution in [0.5, 0.6) is 0 Å². The number of nitrogens with one attached hydrogen (secondary N) is 1. The van der Waals surface area contributed by atoms with Crippen LogP contribution >= 0.6 is 23.2 Å². The zero-order valence-corrected chi connectivity index (χ0v) is 25.6. The number of aliphatic hydroxyl groups is 3. The van der Waals surface area contributed by atoms with Gasteiger partial charge in [0.05, 0.1) is 33.8 Å². The molecule has 0 aliphatic heterocycles. The molecule has 0 amide bonds. The van der Waals surface area contributed by atoms with Crippen LogP contribution in [-0.4, -0.2) is 57.7 Å². The summed E-state index contributed by atoms with van der Waals surface area (Å²) in [6.07, 6.45) is -0.0660. The van der Waals surface area contributed by atoms with Gasteiger partial charge in [-0.15, -0.1) is 0 Å². The third kappa shape index (κ3) is 8.39. The first-order chi connectivity index (χ1) is 20.6. The topological polar surface area (TPSA) is 146 Å². The quantitative estimate of drug-likeness (QED) is 0.0871. The summed E-state index contributed by atoms with van der Waals surface area (Å²) in [5.41, 5.74) is 14.5. The molecule has 1 atom stereocenters. The Morgan fingerprint density at radius 3 is 2.16 bits per heavy atom. The van der Waals surface area contributed by atoms with E-state index in [2.05, 4.69) is 10.3 Å². The van der Waals surface area contributed by atoms with Crippen LogP contribution < -0.4 is 21.7 Å². The Labute approximate surface area is 259 Å². The molecule has 0 aliphatic rings. The summed E-state index contributed by atoms with van der Waals surface area (Å²) >= 11 is 12.3. The second-order valence-electron chi connectivity index (χ2n) is 9.70. The summed E-state index contributed by atoms with van der Waals surface area (Å²) in [6, 6.07) is 10.1. The number of nitrogens with zero attached hydrogens (tertiary/aromatic N) is 3. The Hall–Kier alpha value is -3.35. The minimum atomic E-state index is -1.13.